The molecule has 0 atom stereocenters. The average Bonchev–Trinajstić information content (AvgIpc) is 2.83. The molecule has 0 saturated carbocycles. The molecule has 0 bridgehead atoms. The van der Waals surface area contributed by atoms with Crippen molar-refractivity contribution in [3.8, 4) is 0 Å². The number of anilines is 1. The Hall–Kier alpha value is -4.19. The van der Waals surface area contributed by atoms with Gasteiger partial charge in [0.1, 0.15) is 18.1 Å². The second-order valence-electron chi connectivity index (χ2n) is 7.66. The van der Waals surface area contributed by atoms with Crippen LogP contribution in [0.3, 0.4) is 0 Å². The first-order valence-electron chi connectivity index (χ1n) is 10.2. The summed E-state index contributed by atoms with van der Waals surface area (Å²) in [5, 5.41) is 13.1. The van der Waals surface area contributed by atoms with Crippen LogP contribution in [0.25, 0.3) is 5.76 Å². The van der Waals surface area contributed by atoms with Gasteiger partial charge in [0.2, 0.25) is 11.7 Å². The van der Waals surface area contributed by atoms with Crippen LogP contribution in [0.15, 0.2) is 83.4 Å². The number of ketones is 1. The maximum atomic E-state index is 13.4. The van der Waals surface area contributed by atoms with Crippen LogP contribution < -0.4 is 5.32 Å². The SMILES string of the molecule is O=C(CN1/C(=C(/O)c2ccc(F)cc2)C(=O)c2ccccc2S1(=O)=O)Nc1ccc(C(F)(F)F)cc1. The molecule has 0 radical (unpaired) electrons. The number of carbonyl (C=O) groups excluding carboxylic acids is 2. The molecule has 0 fully saturated rings. The predicted molar refractivity (Wildman–Crippen MR) is 121 cm³/mol. The number of alkyl halides is 3. The highest BCUT2D eigenvalue weighted by Gasteiger charge is 2.42. The molecule has 1 aliphatic rings. The molecule has 0 saturated heterocycles. The highest BCUT2D eigenvalue weighted by atomic mass is 32.2. The van der Waals surface area contributed by atoms with Gasteiger partial charge in [-0.05, 0) is 60.7 Å². The van der Waals surface area contributed by atoms with Crippen molar-refractivity contribution in [3.05, 3.63) is 101 Å². The average molecular weight is 520 g/mol. The van der Waals surface area contributed by atoms with E-state index in [1.807, 2.05) is 0 Å². The molecule has 0 aliphatic carbocycles. The highest BCUT2D eigenvalue weighted by molar-refractivity contribution is 7.89. The summed E-state index contributed by atoms with van der Waals surface area (Å²) >= 11 is 0. The summed E-state index contributed by atoms with van der Waals surface area (Å²) in [6.07, 6.45) is -4.59. The molecular weight excluding hydrogens is 504 g/mol. The number of hydrogen-bond donors (Lipinski definition) is 2. The number of sulfonamides is 1. The van der Waals surface area contributed by atoms with Gasteiger partial charge in [-0.25, -0.2) is 17.1 Å². The first-order chi connectivity index (χ1) is 16.9. The zero-order valence-corrected chi connectivity index (χ0v) is 18.9. The third kappa shape index (κ3) is 4.67. The molecule has 7 nitrogen and oxygen atoms in total. The summed E-state index contributed by atoms with van der Waals surface area (Å²) in [4.78, 5) is 25.5. The van der Waals surface area contributed by atoms with Crippen LogP contribution in [0, 0.1) is 5.82 Å². The van der Waals surface area contributed by atoms with E-state index in [0.717, 1.165) is 54.6 Å². The van der Waals surface area contributed by atoms with Gasteiger partial charge in [0.25, 0.3) is 10.0 Å². The minimum Gasteiger partial charge on any atom is -0.505 e. The number of fused-ring (bicyclic) bond motifs is 1. The number of nitrogens with one attached hydrogen (secondary N) is 1. The summed E-state index contributed by atoms with van der Waals surface area (Å²) in [5.41, 5.74) is -2.05. The number of amides is 1. The number of carbonyl (C=O) groups is 2. The van der Waals surface area contributed by atoms with Crippen molar-refractivity contribution >= 4 is 33.2 Å². The Labute approximate surface area is 202 Å². The van der Waals surface area contributed by atoms with E-state index >= 15 is 0 Å². The van der Waals surface area contributed by atoms with Gasteiger partial charge in [0, 0.05) is 16.8 Å². The summed E-state index contributed by atoms with van der Waals surface area (Å²) in [6.45, 7) is -0.982. The van der Waals surface area contributed by atoms with Crippen molar-refractivity contribution in [2.45, 2.75) is 11.1 Å². The molecule has 3 aromatic rings. The molecule has 1 aliphatic heterocycles. The molecule has 12 heteroatoms. The minimum absolute atomic E-state index is 0.0533. The standard InChI is InChI=1S/C24H16F4N2O5S/c25-16-9-5-14(6-10-16)22(32)21-23(33)18-3-1-2-4-19(18)36(34,35)30(21)13-20(31)29-17-11-7-15(8-12-17)24(26,27)28/h1-12,32H,13H2,(H,29,31)/b22-21+. The van der Waals surface area contributed by atoms with Gasteiger partial charge in [-0.2, -0.15) is 13.2 Å². The van der Waals surface area contributed by atoms with Gasteiger partial charge in [0.15, 0.2) is 5.76 Å². The van der Waals surface area contributed by atoms with Crippen LogP contribution in [0.2, 0.25) is 0 Å². The summed E-state index contributed by atoms with van der Waals surface area (Å²) in [6, 6.07) is 12.9. The number of hydrogen-bond acceptors (Lipinski definition) is 5. The molecule has 3 aromatic carbocycles. The molecule has 1 heterocycles. The predicted octanol–water partition coefficient (Wildman–Crippen LogP) is 4.60. The summed E-state index contributed by atoms with van der Waals surface area (Å²) in [5.74, 6) is -3.34. The lowest BCUT2D eigenvalue weighted by Crippen LogP contribution is -2.43. The van der Waals surface area contributed by atoms with Crippen LogP contribution in [0.4, 0.5) is 23.2 Å². The fourth-order valence-corrected chi connectivity index (χ4v) is 5.19. The quantitative estimate of drug-likeness (QED) is 0.297. The number of halogens is 4. The van der Waals surface area contributed by atoms with Gasteiger partial charge in [0.05, 0.1) is 10.5 Å². The van der Waals surface area contributed by atoms with E-state index in [1.165, 1.54) is 18.2 Å². The number of aliphatic hydroxyl groups is 1. The van der Waals surface area contributed by atoms with Crippen molar-refractivity contribution in [1.82, 2.24) is 4.31 Å². The van der Waals surface area contributed by atoms with Crippen molar-refractivity contribution in [2.75, 3.05) is 11.9 Å². The van der Waals surface area contributed by atoms with Crippen molar-refractivity contribution in [1.29, 1.82) is 0 Å². The lowest BCUT2D eigenvalue weighted by molar-refractivity contribution is -0.137. The third-order valence-electron chi connectivity index (χ3n) is 5.29. The maximum absolute atomic E-state index is 13.4. The van der Waals surface area contributed by atoms with Crippen LogP contribution >= 0.6 is 0 Å². The van der Waals surface area contributed by atoms with E-state index in [-0.39, 0.29) is 16.8 Å². The molecule has 0 aromatic heterocycles. The van der Waals surface area contributed by atoms with Crippen LogP contribution in [0.5, 0.6) is 0 Å². The molecule has 4 rings (SSSR count). The van der Waals surface area contributed by atoms with E-state index in [4.69, 9.17) is 0 Å². The van der Waals surface area contributed by atoms with Crippen molar-refractivity contribution < 1.29 is 40.7 Å². The third-order valence-corrected chi connectivity index (χ3v) is 7.09. The van der Waals surface area contributed by atoms with E-state index in [1.54, 1.807) is 0 Å². The fraction of sp³-hybridized carbons (Fsp3) is 0.0833. The lowest BCUT2D eigenvalue weighted by atomic mass is 10.0. The van der Waals surface area contributed by atoms with E-state index in [9.17, 15) is 40.7 Å². The minimum atomic E-state index is -4.59. The van der Waals surface area contributed by atoms with Crippen LogP contribution in [-0.2, 0) is 21.0 Å². The largest absolute Gasteiger partial charge is 0.505 e. The summed E-state index contributed by atoms with van der Waals surface area (Å²) in [7, 11) is -4.53. The second-order valence-corrected chi connectivity index (χ2v) is 9.50. The zero-order valence-electron chi connectivity index (χ0n) is 18.1. The Kier molecular flexibility index (Phi) is 6.31. The zero-order chi connectivity index (χ0) is 26.3. The van der Waals surface area contributed by atoms with E-state index in [2.05, 4.69) is 5.32 Å². The first kappa shape index (κ1) is 24.9. The number of nitrogens with zero attached hydrogens (tertiary/aromatic N) is 1. The highest BCUT2D eigenvalue weighted by Crippen LogP contribution is 2.35. The molecule has 0 spiro atoms. The Morgan fingerprint density at radius 2 is 1.56 bits per heavy atom. The van der Waals surface area contributed by atoms with Gasteiger partial charge < -0.3 is 10.4 Å². The van der Waals surface area contributed by atoms with Crippen LogP contribution in [-0.4, -0.2) is 36.1 Å². The van der Waals surface area contributed by atoms with Gasteiger partial charge in [-0.3, -0.25) is 9.59 Å². The number of allylic oxidation sites excluding steroid dienone is 1. The molecular formula is C24H16F4N2O5S. The Morgan fingerprint density at radius 1 is 0.944 bits per heavy atom. The molecule has 2 N–H and O–H groups in total. The molecule has 36 heavy (non-hydrogen) atoms. The summed E-state index contributed by atoms with van der Waals surface area (Å²) < 4.78 is 78.8. The van der Waals surface area contributed by atoms with Crippen LogP contribution in [0.1, 0.15) is 21.5 Å². The van der Waals surface area contributed by atoms with E-state index in [0.29, 0.717) is 4.31 Å². The maximum Gasteiger partial charge on any atom is 0.416 e. The Balaban J connectivity index is 1.74. The van der Waals surface area contributed by atoms with E-state index < -0.39 is 62.2 Å². The molecule has 186 valence electrons. The van der Waals surface area contributed by atoms with Crippen molar-refractivity contribution in [2.24, 2.45) is 0 Å². The Morgan fingerprint density at radius 3 is 2.17 bits per heavy atom. The monoisotopic (exact) mass is 520 g/mol. The lowest BCUT2D eigenvalue weighted by Gasteiger charge is -2.31. The normalized spacial score (nSPS) is 16.3. The number of rotatable bonds is 4. The Bertz CT molecular complexity index is 1480. The molecule has 1 amide bonds. The number of benzene rings is 3. The number of aliphatic hydroxyl groups excluding tert-OH is 1. The smallest absolute Gasteiger partial charge is 0.416 e. The topological polar surface area (TPSA) is 104 Å². The van der Waals surface area contributed by atoms with Crippen molar-refractivity contribution in [3.63, 3.8) is 0 Å². The first-order valence-corrected chi connectivity index (χ1v) is 11.7. The number of Topliss-reactive ketones (excluding diaryl/α,β-unsaturated/α-hetero) is 1. The van der Waals surface area contributed by atoms with Gasteiger partial charge in [-0.1, -0.05) is 12.1 Å². The fourth-order valence-electron chi connectivity index (χ4n) is 3.57. The molecule has 0 unspecified atom stereocenters. The van der Waals surface area contributed by atoms with Gasteiger partial charge >= 0.3 is 6.18 Å². The second kappa shape index (κ2) is 9.11. The van der Waals surface area contributed by atoms with Gasteiger partial charge in [-0.15, -0.1) is 0 Å².